The van der Waals surface area contributed by atoms with Gasteiger partial charge in [-0.1, -0.05) is 0 Å². The molecular weight excluding hydrogens is 202 g/mol. The van der Waals surface area contributed by atoms with Crippen molar-refractivity contribution in [1.82, 2.24) is 9.80 Å². The minimum absolute atomic E-state index is 0.0884. The molecule has 3 aliphatic rings. The van der Waals surface area contributed by atoms with E-state index in [4.69, 9.17) is 5.26 Å². The minimum Gasteiger partial charge on any atom is -0.339 e. The van der Waals surface area contributed by atoms with E-state index in [-0.39, 0.29) is 5.91 Å². The standard InChI is InChI=1S/C12H17N3O/c13-9-12(3-4-12)11(16)15-7-5-14(6-8-15)10-1-2-10/h10H,1-8H2. The van der Waals surface area contributed by atoms with Crippen LogP contribution in [0, 0.1) is 16.7 Å². The predicted octanol–water partition coefficient (Wildman–Crippen LogP) is 0.597. The zero-order valence-electron chi connectivity index (χ0n) is 9.48. The predicted molar refractivity (Wildman–Crippen MR) is 58.5 cm³/mol. The molecule has 0 aromatic rings. The van der Waals surface area contributed by atoms with Crippen LogP contribution < -0.4 is 0 Å². The first-order valence-electron chi connectivity index (χ1n) is 6.20. The van der Waals surface area contributed by atoms with Gasteiger partial charge in [0.05, 0.1) is 6.07 Å². The highest BCUT2D eigenvalue weighted by molar-refractivity contribution is 5.88. The second-order valence-corrected chi connectivity index (χ2v) is 5.25. The number of carbonyl (C=O) groups is 1. The van der Waals surface area contributed by atoms with Crippen molar-refractivity contribution in [2.45, 2.75) is 31.7 Å². The fourth-order valence-corrected chi connectivity index (χ4v) is 2.53. The summed E-state index contributed by atoms with van der Waals surface area (Å²) in [6.07, 6.45) is 4.20. The highest BCUT2D eigenvalue weighted by Crippen LogP contribution is 2.46. The first-order valence-corrected chi connectivity index (χ1v) is 6.20. The lowest BCUT2D eigenvalue weighted by molar-refractivity contribution is -0.136. The third kappa shape index (κ3) is 1.60. The summed E-state index contributed by atoms with van der Waals surface area (Å²) in [6.45, 7) is 3.63. The van der Waals surface area contributed by atoms with E-state index in [0.717, 1.165) is 45.1 Å². The molecule has 0 unspecified atom stereocenters. The van der Waals surface area contributed by atoms with Crippen molar-refractivity contribution in [3.05, 3.63) is 0 Å². The van der Waals surface area contributed by atoms with E-state index in [9.17, 15) is 4.79 Å². The first kappa shape index (κ1) is 10.1. The molecule has 86 valence electrons. The third-order valence-corrected chi connectivity index (χ3v) is 4.04. The molecule has 16 heavy (non-hydrogen) atoms. The van der Waals surface area contributed by atoms with E-state index >= 15 is 0 Å². The molecule has 1 aliphatic heterocycles. The number of nitriles is 1. The number of carbonyl (C=O) groups excluding carboxylic acids is 1. The summed E-state index contributed by atoms with van der Waals surface area (Å²) in [5.41, 5.74) is -0.623. The Morgan fingerprint density at radius 1 is 1.19 bits per heavy atom. The first-order chi connectivity index (χ1) is 7.75. The summed E-state index contributed by atoms with van der Waals surface area (Å²) in [7, 11) is 0. The Kier molecular flexibility index (Phi) is 2.18. The maximum atomic E-state index is 12.1. The van der Waals surface area contributed by atoms with Gasteiger partial charge in [-0.2, -0.15) is 5.26 Å². The molecule has 1 heterocycles. The highest BCUT2D eigenvalue weighted by Gasteiger charge is 2.52. The van der Waals surface area contributed by atoms with Crippen LogP contribution in [0.25, 0.3) is 0 Å². The van der Waals surface area contributed by atoms with Gasteiger partial charge in [-0.3, -0.25) is 9.69 Å². The van der Waals surface area contributed by atoms with Crippen LogP contribution in [0.3, 0.4) is 0 Å². The Balaban J connectivity index is 1.57. The van der Waals surface area contributed by atoms with E-state index in [0.29, 0.717) is 0 Å². The van der Waals surface area contributed by atoms with E-state index < -0.39 is 5.41 Å². The number of hydrogen-bond donors (Lipinski definition) is 0. The van der Waals surface area contributed by atoms with Gasteiger partial charge in [-0.25, -0.2) is 0 Å². The molecule has 0 atom stereocenters. The van der Waals surface area contributed by atoms with Gasteiger partial charge in [0.1, 0.15) is 5.41 Å². The van der Waals surface area contributed by atoms with Crippen LogP contribution in [0.2, 0.25) is 0 Å². The van der Waals surface area contributed by atoms with Crippen molar-refractivity contribution in [1.29, 1.82) is 5.26 Å². The molecule has 3 rings (SSSR count). The van der Waals surface area contributed by atoms with Crippen LogP contribution in [0.1, 0.15) is 25.7 Å². The molecule has 0 aromatic carbocycles. The fraction of sp³-hybridized carbons (Fsp3) is 0.833. The number of nitrogens with zero attached hydrogens (tertiary/aromatic N) is 3. The summed E-state index contributed by atoms with van der Waals surface area (Å²) >= 11 is 0. The summed E-state index contributed by atoms with van der Waals surface area (Å²) < 4.78 is 0. The fourth-order valence-electron chi connectivity index (χ4n) is 2.53. The van der Waals surface area contributed by atoms with Crippen molar-refractivity contribution in [3.63, 3.8) is 0 Å². The lowest BCUT2D eigenvalue weighted by Crippen LogP contribution is -2.51. The zero-order valence-corrected chi connectivity index (χ0v) is 9.48. The van der Waals surface area contributed by atoms with Gasteiger partial charge in [0.2, 0.25) is 5.91 Å². The molecule has 0 aromatic heterocycles. The SMILES string of the molecule is N#CC1(C(=O)N2CCN(C3CC3)CC2)CC1. The Hall–Kier alpha value is -1.08. The molecule has 4 heteroatoms. The average molecular weight is 219 g/mol. The lowest BCUT2D eigenvalue weighted by atomic mass is 10.1. The maximum Gasteiger partial charge on any atom is 0.243 e. The van der Waals surface area contributed by atoms with Crippen LogP contribution in [0.4, 0.5) is 0 Å². The summed E-state index contributed by atoms with van der Waals surface area (Å²) in [5.74, 6) is 0.0884. The summed E-state index contributed by atoms with van der Waals surface area (Å²) in [4.78, 5) is 16.5. The van der Waals surface area contributed by atoms with Crippen LogP contribution in [-0.4, -0.2) is 47.9 Å². The van der Waals surface area contributed by atoms with E-state index in [1.54, 1.807) is 0 Å². The van der Waals surface area contributed by atoms with Crippen molar-refractivity contribution < 1.29 is 4.79 Å². The molecule has 2 saturated carbocycles. The molecule has 0 spiro atoms. The maximum absolute atomic E-state index is 12.1. The number of piperazine rings is 1. The van der Waals surface area contributed by atoms with Crippen molar-refractivity contribution in [3.8, 4) is 6.07 Å². The van der Waals surface area contributed by atoms with Crippen LogP contribution in [0.15, 0.2) is 0 Å². The Morgan fingerprint density at radius 2 is 1.81 bits per heavy atom. The van der Waals surface area contributed by atoms with Gasteiger partial charge >= 0.3 is 0 Å². The largest absolute Gasteiger partial charge is 0.339 e. The molecule has 4 nitrogen and oxygen atoms in total. The molecule has 0 radical (unpaired) electrons. The van der Waals surface area contributed by atoms with Crippen molar-refractivity contribution in [2.75, 3.05) is 26.2 Å². The molecule has 1 saturated heterocycles. The Bertz CT molecular complexity index is 344. The normalized spacial score (nSPS) is 28.6. The zero-order chi connectivity index (χ0) is 11.2. The van der Waals surface area contributed by atoms with Crippen molar-refractivity contribution >= 4 is 5.91 Å². The molecule has 3 fully saturated rings. The molecule has 0 bridgehead atoms. The number of rotatable bonds is 2. The molecule has 0 N–H and O–H groups in total. The minimum atomic E-state index is -0.623. The topological polar surface area (TPSA) is 47.3 Å². The van der Waals surface area contributed by atoms with Gasteiger partial charge < -0.3 is 4.90 Å². The van der Waals surface area contributed by atoms with Gasteiger partial charge in [0.25, 0.3) is 0 Å². The van der Waals surface area contributed by atoms with Gasteiger partial charge in [0, 0.05) is 32.2 Å². The monoisotopic (exact) mass is 219 g/mol. The van der Waals surface area contributed by atoms with E-state index in [2.05, 4.69) is 11.0 Å². The molecular formula is C12H17N3O. The van der Waals surface area contributed by atoms with Gasteiger partial charge in [-0.15, -0.1) is 0 Å². The third-order valence-electron chi connectivity index (χ3n) is 4.04. The van der Waals surface area contributed by atoms with E-state index in [1.165, 1.54) is 12.8 Å². The second kappa shape index (κ2) is 3.46. The summed E-state index contributed by atoms with van der Waals surface area (Å²) in [6, 6.07) is 2.99. The molecule has 1 amide bonds. The van der Waals surface area contributed by atoms with Crippen LogP contribution in [0.5, 0.6) is 0 Å². The summed E-state index contributed by atoms with van der Waals surface area (Å²) in [5, 5.41) is 9.00. The highest BCUT2D eigenvalue weighted by atomic mass is 16.2. The smallest absolute Gasteiger partial charge is 0.243 e. The van der Waals surface area contributed by atoms with Crippen molar-refractivity contribution in [2.24, 2.45) is 5.41 Å². The second-order valence-electron chi connectivity index (χ2n) is 5.25. The number of amides is 1. The Morgan fingerprint density at radius 3 is 2.25 bits per heavy atom. The average Bonchev–Trinajstić information content (AvgIpc) is 3.19. The Labute approximate surface area is 95.8 Å². The van der Waals surface area contributed by atoms with Crippen LogP contribution in [-0.2, 0) is 4.79 Å². The van der Waals surface area contributed by atoms with E-state index in [1.807, 2.05) is 4.90 Å². The molecule has 2 aliphatic carbocycles. The lowest BCUT2D eigenvalue weighted by Gasteiger charge is -2.35. The van der Waals surface area contributed by atoms with Crippen LogP contribution >= 0.6 is 0 Å². The quantitative estimate of drug-likeness (QED) is 0.683. The van der Waals surface area contributed by atoms with Gasteiger partial charge in [-0.05, 0) is 25.7 Å². The van der Waals surface area contributed by atoms with Gasteiger partial charge in [0.15, 0.2) is 0 Å². The number of hydrogen-bond acceptors (Lipinski definition) is 3.